The van der Waals surface area contributed by atoms with E-state index in [1.54, 1.807) is 4.68 Å². The average molecular weight is 344 g/mol. The number of aryl methyl sites for hydroxylation is 3. The Morgan fingerprint density at radius 3 is 2.83 bits per heavy atom. The van der Waals surface area contributed by atoms with Gasteiger partial charge in [0.05, 0.1) is 11.5 Å². The molecule has 1 aromatic carbocycles. The number of aromatic nitrogens is 5. The number of hydrogen-bond acceptors (Lipinski definition) is 6. The normalized spacial score (nSPS) is 10.9. The molecule has 0 spiro atoms. The van der Waals surface area contributed by atoms with Gasteiger partial charge in [-0.1, -0.05) is 23.9 Å². The van der Waals surface area contributed by atoms with Crippen molar-refractivity contribution in [3.05, 3.63) is 58.2 Å². The van der Waals surface area contributed by atoms with Gasteiger partial charge in [0.25, 0.3) is 0 Å². The summed E-state index contributed by atoms with van der Waals surface area (Å²) >= 11 is 1.54. The monoisotopic (exact) mass is 344 g/mol. The summed E-state index contributed by atoms with van der Waals surface area (Å²) in [6.45, 7) is 4.51. The Labute approximate surface area is 142 Å². The highest BCUT2D eigenvalue weighted by Crippen LogP contribution is 2.22. The molecule has 0 saturated carbocycles. The van der Waals surface area contributed by atoms with Crippen molar-refractivity contribution in [1.29, 1.82) is 0 Å². The van der Waals surface area contributed by atoms with Crippen LogP contribution in [0.5, 0.6) is 0 Å². The van der Waals surface area contributed by atoms with Crippen molar-refractivity contribution in [2.45, 2.75) is 25.5 Å². The van der Waals surface area contributed by atoms with E-state index in [9.17, 15) is 10.1 Å². The van der Waals surface area contributed by atoms with Crippen LogP contribution in [0.15, 0.2) is 41.8 Å². The van der Waals surface area contributed by atoms with Gasteiger partial charge in [0.15, 0.2) is 5.16 Å². The molecule has 0 aliphatic carbocycles. The highest BCUT2D eigenvalue weighted by molar-refractivity contribution is 7.99. The zero-order valence-electron chi connectivity index (χ0n) is 13.3. The van der Waals surface area contributed by atoms with E-state index < -0.39 is 4.92 Å². The van der Waals surface area contributed by atoms with Gasteiger partial charge < -0.3 is 0 Å². The van der Waals surface area contributed by atoms with Gasteiger partial charge in [0.2, 0.25) is 0 Å². The molecule has 124 valence electrons. The quantitative estimate of drug-likeness (QED) is 0.388. The predicted molar refractivity (Wildman–Crippen MR) is 90.4 cm³/mol. The molecular formula is C15H16N6O2S. The minimum Gasteiger partial charge on any atom is -0.274 e. The number of hydrogen-bond donors (Lipinski definition) is 0. The van der Waals surface area contributed by atoms with E-state index in [1.165, 1.54) is 29.7 Å². The number of thioether (sulfide) groups is 1. The Morgan fingerprint density at radius 2 is 2.12 bits per heavy atom. The molecule has 3 rings (SSSR count). The van der Waals surface area contributed by atoms with Crippen LogP contribution in [-0.4, -0.2) is 35.2 Å². The zero-order chi connectivity index (χ0) is 17.1. The molecule has 0 radical (unpaired) electrons. The van der Waals surface area contributed by atoms with E-state index in [1.807, 2.05) is 36.6 Å². The number of nitrogens with zero attached hydrogens (tertiary/aromatic N) is 6. The molecule has 3 aromatic rings. The molecule has 0 fully saturated rings. The van der Waals surface area contributed by atoms with Crippen LogP contribution in [0.4, 0.5) is 5.69 Å². The maximum atomic E-state index is 10.7. The SMILES string of the molecule is Cc1cccc(-n2c(C)nnc2SCCn2cc([N+](=O)[O-])cn2)c1. The van der Waals surface area contributed by atoms with Crippen LogP contribution in [0.2, 0.25) is 0 Å². The van der Waals surface area contributed by atoms with Gasteiger partial charge in [-0.25, -0.2) is 0 Å². The average Bonchev–Trinajstić information content (AvgIpc) is 3.15. The molecule has 0 aliphatic rings. The molecule has 24 heavy (non-hydrogen) atoms. The van der Waals surface area contributed by atoms with Crippen LogP contribution in [0.1, 0.15) is 11.4 Å². The van der Waals surface area contributed by atoms with Crippen LogP contribution in [0.25, 0.3) is 5.69 Å². The van der Waals surface area contributed by atoms with Crippen molar-refractivity contribution in [2.24, 2.45) is 0 Å². The van der Waals surface area contributed by atoms with Crippen molar-refractivity contribution < 1.29 is 4.92 Å². The maximum Gasteiger partial charge on any atom is 0.306 e. The third-order valence-electron chi connectivity index (χ3n) is 3.44. The summed E-state index contributed by atoms with van der Waals surface area (Å²) in [5.41, 5.74) is 2.19. The smallest absolute Gasteiger partial charge is 0.274 e. The lowest BCUT2D eigenvalue weighted by atomic mass is 10.2. The summed E-state index contributed by atoms with van der Waals surface area (Å²) in [5.74, 6) is 1.50. The lowest BCUT2D eigenvalue weighted by Gasteiger charge is -2.09. The number of benzene rings is 1. The predicted octanol–water partition coefficient (Wildman–Crippen LogP) is 2.78. The fourth-order valence-electron chi connectivity index (χ4n) is 2.30. The van der Waals surface area contributed by atoms with Gasteiger partial charge in [0.1, 0.15) is 18.2 Å². The minimum absolute atomic E-state index is 0.00114. The van der Waals surface area contributed by atoms with Crippen LogP contribution in [-0.2, 0) is 6.54 Å². The molecule has 2 heterocycles. The summed E-state index contributed by atoms with van der Waals surface area (Å²) in [5, 5.41) is 23.8. The Morgan fingerprint density at radius 1 is 1.29 bits per heavy atom. The number of rotatable bonds is 6. The lowest BCUT2D eigenvalue weighted by molar-refractivity contribution is -0.385. The first-order valence-electron chi connectivity index (χ1n) is 7.33. The molecule has 2 aromatic heterocycles. The Bertz CT molecular complexity index is 872. The van der Waals surface area contributed by atoms with Crippen molar-refractivity contribution in [2.75, 3.05) is 5.75 Å². The Hall–Kier alpha value is -2.68. The molecule has 0 saturated heterocycles. The third-order valence-corrected chi connectivity index (χ3v) is 4.35. The largest absolute Gasteiger partial charge is 0.306 e. The molecule has 0 atom stereocenters. The van der Waals surface area contributed by atoms with E-state index in [4.69, 9.17) is 0 Å². The zero-order valence-corrected chi connectivity index (χ0v) is 14.1. The fourth-order valence-corrected chi connectivity index (χ4v) is 3.23. The van der Waals surface area contributed by atoms with Gasteiger partial charge in [0, 0.05) is 11.4 Å². The van der Waals surface area contributed by atoms with Crippen molar-refractivity contribution in [3.63, 3.8) is 0 Å². The first-order valence-corrected chi connectivity index (χ1v) is 8.32. The second-order valence-electron chi connectivity index (χ2n) is 5.27. The first kappa shape index (κ1) is 16.2. The fraction of sp³-hybridized carbons (Fsp3) is 0.267. The highest BCUT2D eigenvalue weighted by atomic mass is 32.2. The second kappa shape index (κ2) is 6.83. The van der Waals surface area contributed by atoms with Crippen molar-refractivity contribution >= 4 is 17.4 Å². The van der Waals surface area contributed by atoms with Crippen LogP contribution in [0.3, 0.4) is 0 Å². The summed E-state index contributed by atoms with van der Waals surface area (Å²) in [7, 11) is 0. The van der Waals surface area contributed by atoms with Crippen LogP contribution < -0.4 is 0 Å². The first-order chi connectivity index (χ1) is 11.5. The van der Waals surface area contributed by atoms with E-state index in [2.05, 4.69) is 21.4 Å². The van der Waals surface area contributed by atoms with Gasteiger partial charge >= 0.3 is 5.69 Å². The van der Waals surface area contributed by atoms with Gasteiger partial charge in [-0.15, -0.1) is 10.2 Å². The summed E-state index contributed by atoms with van der Waals surface area (Å²) in [6.07, 6.45) is 2.68. The number of nitro groups is 1. The third kappa shape index (κ3) is 3.46. The molecule has 0 bridgehead atoms. The van der Waals surface area contributed by atoms with Gasteiger partial charge in [-0.2, -0.15) is 5.10 Å². The molecule has 0 N–H and O–H groups in total. The molecular weight excluding hydrogens is 328 g/mol. The lowest BCUT2D eigenvalue weighted by Crippen LogP contribution is -2.03. The Kier molecular flexibility index (Phi) is 4.61. The molecule has 0 aliphatic heterocycles. The second-order valence-corrected chi connectivity index (χ2v) is 6.33. The summed E-state index contributed by atoms with van der Waals surface area (Å²) in [4.78, 5) is 10.2. The van der Waals surface area contributed by atoms with Gasteiger partial charge in [-0.05, 0) is 31.5 Å². The minimum atomic E-state index is -0.450. The van der Waals surface area contributed by atoms with E-state index in [0.717, 1.165) is 16.7 Å². The Balaban J connectivity index is 1.71. The van der Waals surface area contributed by atoms with Crippen molar-refractivity contribution in [3.8, 4) is 5.69 Å². The summed E-state index contributed by atoms with van der Waals surface area (Å²) < 4.78 is 3.56. The molecule has 9 heteroatoms. The summed E-state index contributed by atoms with van der Waals surface area (Å²) in [6, 6.07) is 8.14. The van der Waals surface area contributed by atoms with Crippen molar-refractivity contribution in [1.82, 2.24) is 24.5 Å². The molecule has 8 nitrogen and oxygen atoms in total. The van der Waals surface area contributed by atoms with Crippen LogP contribution in [0, 0.1) is 24.0 Å². The van der Waals surface area contributed by atoms with E-state index >= 15 is 0 Å². The molecule has 0 unspecified atom stereocenters. The topological polar surface area (TPSA) is 91.7 Å². The van der Waals surface area contributed by atoms with Crippen LogP contribution >= 0.6 is 11.8 Å². The maximum absolute atomic E-state index is 10.7. The van der Waals surface area contributed by atoms with Gasteiger partial charge in [-0.3, -0.25) is 19.4 Å². The standard InChI is InChI=1S/C15H16N6O2S/c1-11-4-3-5-13(8-11)20-12(2)17-18-15(20)24-7-6-19-10-14(9-16-19)21(22)23/h3-5,8-10H,6-7H2,1-2H3. The molecule has 0 amide bonds. The highest BCUT2D eigenvalue weighted by Gasteiger charge is 2.12. The van der Waals surface area contributed by atoms with E-state index in [0.29, 0.717) is 12.3 Å². The van der Waals surface area contributed by atoms with E-state index in [-0.39, 0.29) is 5.69 Å².